The third kappa shape index (κ3) is 4.00. The van der Waals surface area contributed by atoms with Gasteiger partial charge in [0.25, 0.3) is 11.8 Å². The van der Waals surface area contributed by atoms with Crippen LogP contribution in [0.5, 0.6) is 0 Å². The Morgan fingerprint density at radius 1 is 0.969 bits per heavy atom. The zero-order valence-electron chi connectivity index (χ0n) is 17.9. The van der Waals surface area contributed by atoms with E-state index in [0.717, 1.165) is 29.7 Å². The van der Waals surface area contributed by atoms with Crippen molar-refractivity contribution in [3.8, 4) is 0 Å². The first-order valence-electron chi connectivity index (χ1n) is 11.3. The van der Waals surface area contributed by atoms with Crippen LogP contribution < -0.4 is 10.6 Å². The van der Waals surface area contributed by atoms with Gasteiger partial charge >= 0.3 is 0 Å². The van der Waals surface area contributed by atoms with Gasteiger partial charge in [0.2, 0.25) is 0 Å². The summed E-state index contributed by atoms with van der Waals surface area (Å²) in [6.45, 7) is 0.350. The van der Waals surface area contributed by atoms with Gasteiger partial charge in [-0.3, -0.25) is 9.59 Å². The molecule has 5 rings (SSSR count). The molecule has 2 aliphatic rings. The van der Waals surface area contributed by atoms with E-state index in [9.17, 15) is 9.59 Å². The molecule has 164 valence electrons. The van der Waals surface area contributed by atoms with Crippen LogP contribution in [0.15, 0.2) is 71.3 Å². The van der Waals surface area contributed by atoms with Crippen LogP contribution >= 0.6 is 0 Å². The van der Waals surface area contributed by atoms with Crippen molar-refractivity contribution in [2.45, 2.75) is 50.9 Å². The second kappa shape index (κ2) is 8.91. The second-order valence-electron chi connectivity index (χ2n) is 8.48. The Balaban J connectivity index is 1.32. The van der Waals surface area contributed by atoms with Crippen LogP contribution in [0.1, 0.15) is 70.3 Å². The molecule has 0 saturated heterocycles. The van der Waals surface area contributed by atoms with E-state index in [1.807, 2.05) is 47.4 Å². The number of hydrogen-bond donors (Lipinski definition) is 2. The number of carbonyl (C=O) groups excluding carboxylic acids is 2. The Labute approximate surface area is 187 Å². The molecule has 0 spiro atoms. The van der Waals surface area contributed by atoms with Gasteiger partial charge in [0.05, 0.1) is 12.8 Å². The molecule has 1 aliphatic heterocycles. The molecule has 1 fully saturated rings. The number of rotatable bonds is 6. The Morgan fingerprint density at radius 3 is 2.50 bits per heavy atom. The van der Waals surface area contributed by atoms with Crippen molar-refractivity contribution >= 4 is 17.5 Å². The summed E-state index contributed by atoms with van der Waals surface area (Å²) < 4.78 is 5.25. The third-order valence-corrected chi connectivity index (χ3v) is 6.42. The summed E-state index contributed by atoms with van der Waals surface area (Å²) in [5.41, 5.74) is 3.25. The average Bonchev–Trinajstić information content (AvgIpc) is 3.45. The fourth-order valence-corrected chi connectivity index (χ4v) is 4.78. The van der Waals surface area contributed by atoms with Crippen molar-refractivity contribution in [2.24, 2.45) is 0 Å². The minimum atomic E-state index is -0.194. The summed E-state index contributed by atoms with van der Waals surface area (Å²) in [4.78, 5) is 27.7. The summed E-state index contributed by atoms with van der Waals surface area (Å²) in [5, 5.41) is 6.41. The Morgan fingerprint density at radius 2 is 1.75 bits per heavy atom. The number of benzene rings is 2. The number of nitrogens with zero attached hydrogens (tertiary/aromatic N) is 1. The minimum Gasteiger partial charge on any atom is -0.467 e. The van der Waals surface area contributed by atoms with Crippen LogP contribution in [0.2, 0.25) is 0 Å². The molecule has 1 aliphatic carbocycles. The van der Waals surface area contributed by atoms with Gasteiger partial charge in [-0.2, -0.15) is 0 Å². The largest absolute Gasteiger partial charge is 0.467 e. The first kappa shape index (κ1) is 20.4. The van der Waals surface area contributed by atoms with Crippen molar-refractivity contribution in [2.75, 3.05) is 5.32 Å². The molecular formula is C26H27N3O3. The van der Waals surface area contributed by atoms with Crippen molar-refractivity contribution in [1.82, 2.24) is 10.2 Å². The highest BCUT2D eigenvalue weighted by molar-refractivity contribution is 6.00. The lowest BCUT2D eigenvalue weighted by Crippen LogP contribution is -2.42. The zero-order chi connectivity index (χ0) is 21.9. The second-order valence-corrected chi connectivity index (χ2v) is 8.48. The van der Waals surface area contributed by atoms with Crippen molar-refractivity contribution in [3.63, 3.8) is 0 Å². The number of nitrogens with one attached hydrogen (secondary N) is 2. The summed E-state index contributed by atoms with van der Waals surface area (Å²) in [6, 6.07) is 19.1. The molecule has 6 heteroatoms. The number of hydrogen-bond acceptors (Lipinski definition) is 4. The zero-order valence-corrected chi connectivity index (χ0v) is 17.9. The molecule has 2 amide bonds. The first-order chi connectivity index (χ1) is 15.7. The standard InChI is InChI=1S/C26H27N3O3/c30-25(27-17-21-9-6-16-32-21)18-12-14-19(15-13-18)28-24-22-10-4-5-11-23(22)26(31)29(24)20-7-2-1-3-8-20/h4-6,9-16,20,24,28H,1-3,7-8,17H2,(H,27,30). The van der Waals surface area contributed by atoms with E-state index in [1.54, 1.807) is 24.5 Å². The van der Waals surface area contributed by atoms with E-state index in [-0.39, 0.29) is 24.0 Å². The molecule has 6 nitrogen and oxygen atoms in total. The molecule has 2 N–H and O–H groups in total. The Bertz CT molecular complexity index is 1090. The number of anilines is 1. The number of carbonyl (C=O) groups is 2. The molecule has 1 saturated carbocycles. The number of furan rings is 1. The van der Waals surface area contributed by atoms with E-state index in [2.05, 4.69) is 10.6 Å². The predicted molar refractivity (Wildman–Crippen MR) is 122 cm³/mol. The van der Waals surface area contributed by atoms with E-state index in [1.165, 1.54) is 19.3 Å². The Kier molecular flexibility index (Phi) is 5.67. The average molecular weight is 430 g/mol. The fourth-order valence-electron chi connectivity index (χ4n) is 4.78. The summed E-state index contributed by atoms with van der Waals surface area (Å²) in [5.74, 6) is 0.668. The lowest BCUT2D eigenvalue weighted by atomic mass is 9.94. The summed E-state index contributed by atoms with van der Waals surface area (Å²) in [7, 11) is 0. The minimum absolute atomic E-state index is 0.110. The highest BCUT2D eigenvalue weighted by Gasteiger charge is 2.40. The monoisotopic (exact) mass is 429 g/mol. The lowest BCUT2D eigenvalue weighted by Gasteiger charge is -2.36. The van der Waals surface area contributed by atoms with Gasteiger partial charge in [0.1, 0.15) is 11.9 Å². The highest BCUT2D eigenvalue weighted by atomic mass is 16.3. The van der Waals surface area contributed by atoms with E-state index in [4.69, 9.17) is 4.42 Å². The molecule has 0 bridgehead atoms. The molecule has 1 aromatic heterocycles. The van der Waals surface area contributed by atoms with Crippen LogP contribution in [0.25, 0.3) is 0 Å². The fraction of sp³-hybridized carbons (Fsp3) is 0.308. The van der Waals surface area contributed by atoms with Crippen molar-refractivity contribution in [3.05, 3.63) is 89.4 Å². The quantitative estimate of drug-likeness (QED) is 0.571. The van der Waals surface area contributed by atoms with Crippen LogP contribution in [0.3, 0.4) is 0 Å². The molecule has 0 radical (unpaired) electrons. The summed E-state index contributed by atoms with van der Waals surface area (Å²) in [6.07, 6.45) is 7.07. The van der Waals surface area contributed by atoms with E-state index < -0.39 is 0 Å². The molecular weight excluding hydrogens is 402 g/mol. The van der Waals surface area contributed by atoms with Crippen molar-refractivity contribution < 1.29 is 14.0 Å². The molecule has 1 unspecified atom stereocenters. The maximum atomic E-state index is 13.2. The summed E-state index contributed by atoms with van der Waals surface area (Å²) >= 11 is 0. The highest BCUT2D eigenvalue weighted by Crippen LogP contribution is 2.39. The van der Waals surface area contributed by atoms with E-state index in [0.29, 0.717) is 17.9 Å². The van der Waals surface area contributed by atoms with Gasteiger partial charge in [-0.05, 0) is 55.3 Å². The van der Waals surface area contributed by atoms with Crippen molar-refractivity contribution in [1.29, 1.82) is 0 Å². The predicted octanol–water partition coefficient (Wildman–Crippen LogP) is 5.11. The molecule has 3 aromatic rings. The van der Waals surface area contributed by atoms with Gasteiger partial charge < -0.3 is 20.0 Å². The van der Waals surface area contributed by atoms with Crippen LogP contribution in [0.4, 0.5) is 5.69 Å². The maximum absolute atomic E-state index is 13.2. The lowest BCUT2D eigenvalue weighted by molar-refractivity contribution is 0.0600. The third-order valence-electron chi connectivity index (χ3n) is 6.42. The SMILES string of the molecule is O=C(NCc1ccco1)c1ccc(NC2c3ccccc3C(=O)N2C2CCCCC2)cc1. The molecule has 2 heterocycles. The van der Waals surface area contributed by atoms with Crippen LogP contribution in [-0.4, -0.2) is 22.8 Å². The smallest absolute Gasteiger partial charge is 0.256 e. The van der Waals surface area contributed by atoms with Crippen LogP contribution in [-0.2, 0) is 6.54 Å². The van der Waals surface area contributed by atoms with Gasteiger partial charge in [-0.1, -0.05) is 37.5 Å². The molecule has 32 heavy (non-hydrogen) atoms. The van der Waals surface area contributed by atoms with Gasteiger partial charge in [-0.15, -0.1) is 0 Å². The Hall–Kier alpha value is -3.54. The van der Waals surface area contributed by atoms with Gasteiger partial charge in [0, 0.05) is 28.4 Å². The number of amides is 2. The molecule has 2 aromatic carbocycles. The van der Waals surface area contributed by atoms with Gasteiger partial charge in [0.15, 0.2) is 0 Å². The normalized spacial score (nSPS) is 18.4. The van der Waals surface area contributed by atoms with Gasteiger partial charge in [-0.25, -0.2) is 0 Å². The maximum Gasteiger partial charge on any atom is 0.256 e. The molecule has 1 atom stereocenters. The first-order valence-corrected chi connectivity index (χ1v) is 11.3. The number of fused-ring (bicyclic) bond motifs is 1. The van der Waals surface area contributed by atoms with Crippen LogP contribution in [0, 0.1) is 0 Å². The van der Waals surface area contributed by atoms with E-state index >= 15 is 0 Å². The topological polar surface area (TPSA) is 74.6 Å².